The van der Waals surface area contributed by atoms with Gasteiger partial charge in [-0.15, -0.1) is 0 Å². The molecule has 0 saturated heterocycles. The van der Waals surface area contributed by atoms with Crippen LogP contribution in [0.15, 0.2) is 24.3 Å². The molecular weight excluding hydrogens is 266 g/mol. The first-order valence-electron chi connectivity index (χ1n) is 6.96. The van der Waals surface area contributed by atoms with Gasteiger partial charge in [0.2, 0.25) is 5.95 Å². The minimum Gasteiger partial charge on any atom is -0.478 e. The average Bonchev–Trinajstić information content (AvgIpc) is 2.45. The predicted molar refractivity (Wildman–Crippen MR) is 79.7 cm³/mol. The fraction of sp³-hybridized carbons (Fsp3) is 0.312. The van der Waals surface area contributed by atoms with Gasteiger partial charge in [0.25, 0.3) is 0 Å². The number of hydrogen-bond donors (Lipinski definition) is 1. The molecule has 0 bridgehead atoms. The Balaban J connectivity index is 1.94. The van der Waals surface area contributed by atoms with Crippen molar-refractivity contribution in [3.8, 4) is 0 Å². The van der Waals surface area contributed by atoms with E-state index < -0.39 is 5.97 Å². The Hall–Kier alpha value is -2.43. The largest absolute Gasteiger partial charge is 0.478 e. The van der Waals surface area contributed by atoms with Gasteiger partial charge in [0.1, 0.15) is 5.56 Å². The van der Waals surface area contributed by atoms with E-state index in [-0.39, 0.29) is 5.56 Å². The Kier molecular flexibility index (Phi) is 3.33. The van der Waals surface area contributed by atoms with Crippen LogP contribution >= 0.6 is 0 Å². The molecule has 0 spiro atoms. The molecule has 1 aromatic carbocycles. The maximum absolute atomic E-state index is 11.2. The summed E-state index contributed by atoms with van der Waals surface area (Å²) in [7, 11) is 0. The van der Waals surface area contributed by atoms with Crippen LogP contribution < -0.4 is 4.90 Å². The summed E-state index contributed by atoms with van der Waals surface area (Å²) >= 11 is 0. The Labute approximate surface area is 123 Å². The fourth-order valence-corrected chi connectivity index (χ4v) is 2.82. The lowest BCUT2D eigenvalue weighted by molar-refractivity contribution is 0.0694. The van der Waals surface area contributed by atoms with Crippen molar-refractivity contribution in [3.05, 3.63) is 52.3 Å². The van der Waals surface area contributed by atoms with Crippen LogP contribution in [0, 0.1) is 13.8 Å². The normalized spacial score (nSPS) is 13.9. The minimum absolute atomic E-state index is 0.205. The average molecular weight is 283 g/mol. The number of benzene rings is 1. The molecular formula is C16H17N3O2. The topological polar surface area (TPSA) is 66.3 Å². The second kappa shape index (κ2) is 5.16. The summed E-state index contributed by atoms with van der Waals surface area (Å²) in [6, 6.07) is 8.36. The highest BCUT2D eigenvalue weighted by Crippen LogP contribution is 2.23. The number of carboxylic acids is 1. The molecule has 0 aliphatic carbocycles. The van der Waals surface area contributed by atoms with Crippen molar-refractivity contribution in [2.24, 2.45) is 0 Å². The van der Waals surface area contributed by atoms with E-state index >= 15 is 0 Å². The summed E-state index contributed by atoms with van der Waals surface area (Å²) in [4.78, 5) is 22.1. The van der Waals surface area contributed by atoms with Gasteiger partial charge < -0.3 is 10.0 Å². The highest BCUT2D eigenvalue weighted by atomic mass is 16.4. The van der Waals surface area contributed by atoms with Crippen molar-refractivity contribution in [2.75, 3.05) is 11.4 Å². The molecule has 3 rings (SSSR count). The Morgan fingerprint density at radius 1 is 1.14 bits per heavy atom. The molecule has 0 unspecified atom stereocenters. The summed E-state index contributed by atoms with van der Waals surface area (Å²) in [6.45, 7) is 5.06. The third kappa shape index (κ3) is 2.46. The van der Waals surface area contributed by atoms with Crippen molar-refractivity contribution in [1.82, 2.24) is 9.97 Å². The summed E-state index contributed by atoms with van der Waals surface area (Å²) in [5, 5.41) is 9.18. The number of aromatic nitrogens is 2. The van der Waals surface area contributed by atoms with Gasteiger partial charge in [-0.1, -0.05) is 24.3 Å². The zero-order valence-electron chi connectivity index (χ0n) is 12.1. The molecule has 1 aliphatic heterocycles. The number of nitrogens with zero attached hydrogens (tertiary/aromatic N) is 3. The van der Waals surface area contributed by atoms with Crippen LogP contribution in [0.3, 0.4) is 0 Å². The standard InChI is InChI=1S/C16H17N3O2/c1-10-14(15(20)21)11(2)18-16(17-10)19-8-7-12-5-3-4-6-13(12)9-19/h3-6H,7-9H2,1-2H3,(H,20,21). The maximum Gasteiger partial charge on any atom is 0.339 e. The zero-order valence-corrected chi connectivity index (χ0v) is 12.1. The molecule has 2 heterocycles. The highest BCUT2D eigenvalue weighted by Gasteiger charge is 2.21. The number of rotatable bonds is 2. The van der Waals surface area contributed by atoms with Gasteiger partial charge in [-0.25, -0.2) is 14.8 Å². The summed E-state index contributed by atoms with van der Waals surface area (Å²) in [5.41, 5.74) is 3.89. The molecule has 1 aromatic heterocycles. The monoisotopic (exact) mass is 283 g/mol. The molecule has 5 nitrogen and oxygen atoms in total. The van der Waals surface area contributed by atoms with E-state index in [0.29, 0.717) is 17.3 Å². The van der Waals surface area contributed by atoms with Gasteiger partial charge in [0, 0.05) is 13.1 Å². The van der Waals surface area contributed by atoms with E-state index in [1.807, 2.05) is 6.07 Å². The van der Waals surface area contributed by atoms with Crippen molar-refractivity contribution in [2.45, 2.75) is 26.8 Å². The molecule has 1 aliphatic rings. The number of carboxylic acid groups (broad SMARTS) is 1. The van der Waals surface area contributed by atoms with Gasteiger partial charge >= 0.3 is 5.97 Å². The van der Waals surface area contributed by atoms with Gasteiger partial charge in [-0.2, -0.15) is 0 Å². The molecule has 2 aromatic rings. The summed E-state index contributed by atoms with van der Waals surface area (Å²) in [6.07, 6.45) is 0.957. The lowest BCUT2D eigenvalue weighted by Gasteiger charge is -2.29. The van der Waals surface area contributed by atoms with Crippen LogP contribution in [0.25, 0.3) is 0 Å². The predicted octanol–water partition coefficient (Wildman–Crippen LogP) is 2.35. The van der Waals surface area contributed by atoms with Gasteiger partial charge in [-0.3, -0.25) is 0 Å². The molecule has 0 radical (unpaired) electrons. The Bertz CT molecular complexity index is 689. The van der Waals surface area contributed by atoms with E-state index in [1.54, 1.807) is 13.8 Å². The summed E-state index contributed by atoms with van der Waals surface area (Å²) in [5.74, 6) is -0.356. The van der Waals surface area contributed by atoms with E-state index in [4.69, 9.17) is 0 Å². The third-order valence-corrected chi connectivity index (χ3v) is 3.89. The van der Waals surface area contributed by atoms with Crippen molar-refractivity contribution >= 4 is 11.9 Å². The molecule has 108 valence electrons. The van der Waals surface area contributed by atoms with Gasteiger partial charge in [0.15, 0.2) is 0 Å². The van der Waals surface area contributed by atoms with E-state index in [2.05, 4.69) is 33.1 Å². The highest BCUT2D eigenvalue weighted by molar-refractivity contribution is 5.90. The van der Waals surface area contributed by atoms with Gasteiger partial charge in [0.05, 0.1) is 11.4 Å². The van der Waals surface area contributed by atoms with Crippen LogP contribution in [-0.2, 0) is 13.0 Å². The van der Waals surface area contributed by atoms with E-state index in [1.165, 1.54) is 11.1 Å². The molecule has 0 fully saturated rings. The Morgan fingerprint density at radius 3 is 2.38 bits per heavy atom. The first-order valence-corrected chi connectivity index (χ1v) is 6.96. The van der Waals surface area contributed by atoms with Crippen LogP contribution in [0.4, 0.5) is 5.95 Å². The lowest BCUT2D eigenvalue weighted by Crippen LogP contribution is -2.32. The van der Waals surface area contributed by atoms with Crippen LogP contribution in [0.1, 0.15) is 32.9 Å². The summed E-state index contributed by atoms with van der Waals surface area (Å²) < 4.78 is 0. The second-order valence-electron chi connectivity index (χ2n) is 5.31. The van der Waals surface area contributed by atoms with Crippen LogP contribution in [-0.4, -0.2) is 27.6 Å². The van der Waals surface area contributed by atoms with E-state index in [0.717, 1.165) is 19.5 Å². The third-order valence-electron chi connectivity index (χ3n) is 3.89. The van der Waals surface area contributed by atoms with Crippen molar-refractivity contribution in [1.29, 1.82) is 0 Å². The molecule has 5 heteroatoms. The quantitative estimate of drug-likeness (QED) is 0.916. The Morgan fingerprint density at radius 2 is 1.76 bits per heavy atom. The fourth-order valence-electron chi connectivity index (χ4n) is 2.82. The van der Waals surface area contributed by atoms with Crippen LogP contribution in [0.2, 0.25) is 0 Å². The van der Waals surface area contributed by atoms with Crippen molar-refractivity contribution in [3.63, 3.8) is 0 Å². The van der Waals surface area contributed by atoms with Gasteiger partial charge in [-0.05, 0) is 31.4 Å². The smallest absolute Gasteiger partial charge is 0.339 e. The number of aromatic carboxylic acids is 1. The first-order chi connectivity index (χ1) is 10.1. The van der Waals surface area contributed by atoms with Crippen molar-refractivity contribution < 1.29 is 9.90 Å². The number of aryl methyl sites for hydroxylation is 2. The molecule has 0 saturated carbocycles. The number of anilines is 1. The number of carbonyl (C=O) groups is 1. The van der Waals surface area contributed by atoms with E-state index in [9.17, 15) is 9.90 Å². The molecule has 1 N–H and O–H groups in total. The molecule has 21 heavy (non-hydrogen) atoms. The lowest BCUT2D eigenvalue weighted by atomic mass is 10.0. The number of hydrogen-bond acceptors (Lipinski definition) is 4. The SMILES string of the molecule is Cc1nc(N2CCc3ccccc3C2)nc(C)c1C(=O)O. The zero-order chi connectivity index (χ0) is 15.0. The first kappa shape index (κ1) is 13.5. The van der Waals surface area contributed by atoms with Crippen LogP contribution in [0.5, 0.6) is 0 Å². The minimum atomic E-state index is -0.972. The second-order valence-corrected chi connectivity index (χ2v) is 5.31. The molecule has 0 amide bonds. The maximum atomic E-state index is 11.2. The molecule has 0 atom stereocenters. The number of fused-ring (bicyclic) bond motifs is 1.